The fraction of sp³-hybridized carbons (Fsp3) is 0.217. The lowest BCUT2D eigenvalue weighted by Gasteiger charge is -2.17. The van der Waals surface area contributed by atoms with E-state index in [-0.39, 0.29) is 10.5 Å². The Kier molecular flexibility index (Phi) is 7.52. The lowest BCUT2D eigenvalue weighted by molar-refractivity contribution is -0.121. The summed E-state index contributed by atoms with van der Waals surface area (Å²) in [6.07, 6.45) is 0. The predicted molar refractivity (Wildman–Crippen MR) is 124 cm³/mol. The number of likely N-dealkylation sites (N-methyl/N-ethyl adjacent to an activating group) is 1. The number of nitrogens with zero attached hydrogens (tertiary/aromatic N) is 1. The Morgan fingerprint density at radius 3 is 2.36 bits per heavy atom. The number of hydrogen-bond donors (Lipinski definition) is 2. The van der Waals surface area contributed by atoms with Gasteiger partial charge in [-0.05, 0) is 48.0 Å². The number of hydrogen-bond acceptors (Lipinski definition) is 6. The molecule has 0 spiro atoms. The molecule has 9 nitrogen and oxygen atoms in total. The summed E-state index contributed by atoms with van der Waals surface area (Å²) in [5.74, 6) is -0.434. The largest absolute Gasteiger partial charge is 0.493 e. The van der Waals surface area contributed by atoms with Gasteiger partial charge in [-0.15, -0.1) is 0 Å². The molecular formula is C23H25N3O6S. The summed E-state index contributed by atoms with van der Waals surface area (Å²) in [5.41, 5.74) is 4.72. The molecular weight excluding hydrogens is 446 g/mol. The minimum atomic E-state index is -3.91. The number of rotatable bonds is 8. The van der Waals surface area contributed by atoms with Crippen molar-refractivity contribution < 1.29 is 27.5 Å². The maximum Gasteiger partial charge on any atom is 0.269 e. The van der Waals surface area contributed by atoms with Crippen LogP contribution in [-0.4, -0.2) is 51.8 Å². The summed E-state index contributed by atoms with van der Waals surface area (Å²) in [6, 6.07) is 16.7. The van der Waals surface area contributed by atoms with Gasteiger partial charge in [0.1, 0.15) is 0 Å². The molecule has 3 aromatic rings. The molecule has 0 saturated heterocycles. The maximum atomic E-state index is 12.9. The normalized spacial score (nSPS) is 11.3. The van der Waals surface area contributed by atoms with Gasteiger partial charge in [-0.25, -0.2) is 8.42 Å². The lowest BCUT2D eigenvalue weighted by atomic mass is 10.1. The number of benzene rings is 3. The molecule has 3 aromatic carbocycles. The highest BCUT2D eigenvalue weighted by atomic mass is 32.2. The number of fused-ring (bicyclic) bond motifs is 1. The van der Waals surface area contributed by atoms with Crippen molar-refractivity contribution in [2.75, 3.05) is 27.3 Å². The van der Waals surface area contributed by atoms with Gasteiger partial charge in [0.25, 0.3) is 11.8 Å². The number of carbonyl (C=O) groups excluding carboxylic acids is 2. The van der Waals surface area contributed by atoms with Gasteiger partial charge in [0.05, 0.1) is 25.2 Å². The van der Waals surface area contributed by atoms with E-state index in [9.17, 15) is 18.0 Å². The predicted octanol–water partition coefficient (Wildman–Crippen LogP) is 2.33. The number of amides is 2. The molecule has 0 aromatic heterocycles. The van der Waals surface area contributed by atoms with Gasteiger partial charge in [0, 0.05) is 12.6 Å². The SMILES string of the molecule is CCOc1ccc(C(=O)NNC(=O)CN(C)S(=O)(=O)c2ccc3ccccc3c2)cc1OC. The molecule has 0 heterocycles. The third-order valence-electron chi connectivity index (χ3n) is 4.84. The van der Waals surface area contributed by atoms with E-state index in [1.165, 1.54) is 32.4 Å². The van der Waals surface area contributed by atoms with E-state index in [2.05, 4.69) is 10.9 Å². The molecule has 33 heavy (non-hydrogen) atoms. The van der Waals surface area contributed by atoms with Gasteiger partial charge in [-0.1, -0.05) is 30.3 Å². The van der Waals surface area contributed by atoms with Crippen molar-refractivity contribution in [2.45, 2.75) is 11.8 Å². The molecule has 0 saturated carbocycles. The summed E-state index contributed by atoms with van der Waals surface area (Å²) in [4.78, 5) is 24.7. The Labute approximate surface area is 192 Å². The highest BCUT2D eigenvalue weighted by molar-refractivity contribution is 7.89. The van der Waals surface area contributed by atoms with Gasteiger partial charge in [-0.3, -0.25) is 20.4 Å². The second kappa shape index (κ2) is 10.3. The first-order valence-corrected chi connectivity index (χ1v) is 11.6. The van der Waals surface area contributed by atoms with Gasteiger partial charge in [0.2, 0.25) is 10.0 Å². The highest BCUT2D eigenvalue weighted by Crippen LogP contribution is 2.28. The summed E-state index contributed by atoms with van der Waals surface area (Å²) < 4.78 is 37.2. The fourth-order valence-electron chi connectivity index (χ4n) is 3.12. The van der Waals surface area contributed by atoms with Crippen LogP contribution in [0.4, 0.5) is 0 Å². The Morgan fingerprint density at radius 1 is 0.939 bits per heavy atom. The highest BCUT2D eigenvalue weighted by Gasteiger charge is 2.23. The number of methoxy groups -OCH3 is 1. The summed E-state index contributed by atoms with van der Waals surface area (Å²) >= 11 is 0. The maximum absolute atomic E-state index is 12.9. The molecule has 174 valence electrons. The van der Waals surface area contributed by atoms with Crippen LogP contribution in [0, 0.1) is 0 Å². The fourth-order valence-corrected chi connectivity index (χ4v) is 4.28. The molecule has 0 fully saturated rings. The van der Waals surface area contributed by atoms with E-state index in [0.29, 0.717) is 18.1 Å². The third kappa shape index (κ3) is 5.60. The Balaban J connectivity index is 1.62. The second-order valence-electron chi connectivity index (χ2n) is 7.07. The molecule has 0 aliphatic rings. The lowest BCUT2D eigenvalue weighted by Crippen LogP contribution is -2.46. The van der Waals surface area contributed by atoms with E-state index in [4.69, 9.17) is 9.47 Å². The van der Waals surface area contributed by atoms with Gasteiger partial charge < -0.3 is 9.47 Å². The van der Waals surface area contributed by atoms with Crippen molar-refractivity contribution in [3.05, 3.63) is 66.2 Å². The molecule has 0 radical (unpaired) electrons. The summed E-state index contributed by atoms with van der Waals surface area (Å²) in [6.45, 7) is 1.78. The third-order valence-corrected chi connectivity index (χ3v) is 6.64. The van der Waals surface area contributed by atoms with Crippen LogP contribution < -0.4 is 20.3 Å². The van der Waals surface area contributed by atoms with Crippen LogP contribution in [0.1, 0.15) is 17.3 Å². The number of carbonyl (C=O) groups is 2. The molecule has 3 rings (SSSR count). The van der Waals surface area contributed by atoms with Crippen LogP contribution >= 0.6 is 0 Å². The molecule has 0 atom stereocenters. The first-order valence-electron chi connectivity index (χ1n) is 10.1. The molecule has 10 heteroatoms. The van der Waals surface area contributed by atoms with E-state index in [0.717, 1.165) is 15.1 Å². The number of sulfonamides is 1. The number of nitrogens with one attached hydrogen (secondary N) is 2. The Bertz CT molecular complexity index is 1280. The van der Waals surface area contributed by atoms with Crippen molar-refractivity contribution in [1.82, 2.24) is 15.2 Å². The molecule has 2 N–H and O–H groups in total. The number of ether oxygens (including phenoxy) is 2. The Morgan fingerprint density at radius 2 is 1.67 bits per heavy atom. The van der Waals surface area contributed by atoms with Crippen LogP contribution in [0.2, 0.25) is 0 Å². The molecule has 0 bridgehead atoms. The summed E-state index contributed by atoms with van der Waals surface area (Å²) in [7, 11) is -1.16. The molecule has 2 amide bonds. The zero-order valence-corrected chi connectivity index (χ0v) is 19.3. The van der Waals surface area contributed by atoms with Gasteiger partial charge in [0.15, 0.2) is 11.5 Å². The minimum Gasteiger partial charge on any atom is -0.493 e. The quantitative estimate of drug-likeness (QED) is 0.488. The molecule has 0 unspecified atom stereocenters. The van der Waals surface area contributed by atoms with Crippen molar-refractivity contribution in [1.29, 1.82) is 0 Å². The van der Waals surface area contributed by atoms with Crippen LogP contribution in [0.25, 0.3) is 10.8 Å². The van der Waals surface area contributed by atoms with Crippen molar-refractivity contribution in [3.8, 4) is 11.5 Å². The van der Waals surface area contributed by atoms with Crippen molar-refractivity contribution in [2.24, 2.45) is 0 Å². The van der Waals surface area contributed by atoms with Crippen LogP contribution in [0.5, 0.6) is 11.5 Å². The van der Waals surface area contributed by atoms with Crippen LogP contribution in [0.3, 0.4) is 0 Å². The average Bonchev–Trinajstić information content (AvgIpc) is 2.82. The van der Waals surface area contributed by atoms with E-state index in [1.807, 2.05) is 31.2 Å². The first kappa shape index (κ1) is 24.0. The summed E-state index contributed by atoms with van der Waals surface area (Å²) in [5, 5.41) is 1.68. The molecule has 0 aliphatic carbocycles. The number of hydrazine groups is 1. The van der Waals surface area contributed by atoms with E-state index >= 15 is 0 Å². The van der Waals surface area contributed by atoms with E-state index in [1.54, 1.807) is 18.2 Å². The zero-order valence-electron chi connectivity index (χ0n) is 18.5. The second-order valence-corrected chi connectivity index (χ2v) is 9.12. The molecule has 0 aliphatic heterocycles. The van der Waals surface area contributed by atoms with Crippen LogP contribution in [-0.2, 0) is 14.8 Å². The Hall–Kier alpha value is -3.63. The average molecular weight is 472 g/mol. The monoisotopic (exact) mass is 471 g/mol. The first-order chi connectivity index (χ1) is 15.8. The smallest absolute Gasteiger partial charge is 0.269 e. The standard InChI is InChI=1S/C23H25N3O6S/c1-4-32-20-12-10-18(14-21(20)31-3)23(28)25-24-22(27)15-26(2)33(29,30)19-11-9-16-7-5-6-8-17(16)13-19/h5-14H,4,15H2,1-3H3,(H,24,27)(H,25,28). The van der Waals surface area contributed by atoms with Gasteiger partial charge >= 0.3 is 0 Å². The van der Waals surface area contributed by atoms with Crippen LogP contribution in [0.15, 0.2) is 65.6 Å². The van der Waals surface area contributed by atoms with Crippen molar-refractivity contribution in [3.63, 3.8) is 0 Å². The topological polar surface area (TPSA) is 114 Å². The minimum absolute atomic E-state index is 0.0713. The van der Waals surface area contributed by atoms with Gasteiger partial charge in [-0.2, -0.15) is 4.31 Å². The van der Waals surface area contributed by atoms with E-state index < -0.39 is 28.4 Å². The van der Waals surface area contributed by atoms with Crippen molar-refractivity contribution >= 4 is 32.6 Å². The zero-order chi connectivity index (χ0) is 24.0.